The number of aliphatic hydroxyl groups is 1. The van der Waals surface area contributed by atoms with Crippen LogP contribution in [0.1, 0.15) is 22.8 Å². The van der Waals surface area contributed by atoms with Gasteiger partial charge in [0.25, 0.3) is 0 Å². The lowest BCUT2D eigenvalue weighted by Gasteiger charge is -2.34. The smallest absolute Gasteiger partial charge is 0.163 e. The normalized spacial score (nSPS) is 17.3. The van der Waals surface area contributed by atoms with Gasteiger partial charge in [-0.25, -0.2) is 0 Å². The van der Waals surface area contributed by atoms with Gasteiger partial charge in [0.15, 0.2) is 5.78 Å². The molecule has 0 aliphatic carbocycles. The number of Topliss-reactive ketones (excluding diaryl/α,β-unsaturated/α-hetero) is 1. The van der Waals surface area contributed by atoms with E-state index in [1.54, 1.807) is 12.1 Å². The van der Waals surface area contributed by atoms with Crippen LogP contribution < -0.4 is 0 Å². The monoisotopic (exact) mass is 278 g/mol. The van der Waals surface area contributed by atoms with Gasteiger partial charge >= 0.3 is 0 Å². The summed E-state index contributed by atoms with van der Waals surface area (Å²) in [4.78, 5) is 16.0. The van der Waals surface area contributed by atoms with E-state index >= 15 is 0 Å². The number of rotatable bonds is 5. The second kappa shape index (κ2) is 6.83. The summed E-state index contributed by atoms with van der Waals surface area (Å²) in [6, 6.07) is 5.23. The van der Waals surface area contributed by atoms with Crippen LogP contribution in [0.25, 0.3) is 0 Å². The number of piperazine rings is 1. The molecule has 5 heteroatoms. The van der Waals surface area contributed by atoms with E-state index in [0.29, 0.717) is 5.56 Å². The molecule has 0 atom stereocenters. The largest absolute Gasteiger partial charge is 0.507 e. The SMILES string of the molecule is CC(=O)c1cc(CN2CCN(CCO)CC2)ccc1O. The Hall–Kier alpha value is -1.43. The van der Waals surface area contributed by atoms with Gasteiger partial charge in [-0.05, 0) is 24.6 Å². The first-order chi connectivity index (χ1) is 9.60. The highest BCUT2D eigenvalue weighted by Gasteiger charge is 2.17. The van der Waals surface area contributed by atoms with Crippen molar-refractivity contribution < 1.29 is 15.0 Å². The number of benzene rings is 1. The molecular formula is C15H22N2O3. The number of aliphatic hydroxyl groups excluding tert-OH is 1. The van der Waals surface area contributed by atoms with Gasteiger partial charge < -0.3 is 10.2 Å². The van der Waals surface area contributed by atoms with Gasteiger partial charge in [0.2, 0.25) is 0 Å². The predicted molar refractivity (Wildman–Crippen MR) is 76.9 cm³/mol. The molecule has 0 spiro atoms. The molecule has 2 N–H and O–H groups in total. The molecule has 1 fully saturated rings. The van der Waals surface area contributed by atoms with Crippen molar-refractivity contribution in [2.45, 2.75) is 13.5 Å². The first kappa shape index (κ1) is 15.0. The molecule has 0 saturated carbocycles. The number of carbonyl (C=O) groups is 1. The highest BCUT2D eigenvalue weighted by molar-refractivity contribution is 5.96. The number of carbonyl (C=O) groups excluding carboxylic acids is 1. The lowest BCUT2D eigenvalue weighted by atomic mass is 10.1. The second-order valence-electron chi connectivity index (χ2n) is 5.25. The van der Waals surface area contributed by atoms with E-state index in [0.717, 1.165) is 44.8 Å². The van der Waals surface area contributed by atoms with Crippen LogP contribution >= 0.6 is 0 Å². The van der Waals surface area contributed by atoms with Gasteiger partial charge in [0, 0.05) is 39.3 Å². The molecule has 1 heterocycles. The Labute approximate surface area is 119 Å². The number of β-amino-alcohol motifs (C(OH)–C–C–N with tert-alkyl or cyclic N) is 1. The molecule has 5 nitrogen and oxygen atoms in total. The van der Waals surface area contributed by atoms with Crippen LogP contribution in [-0.2, 0) is 6.54 Å². The summed E-state index contributed by atoms with van der Waals surface area (Å²) in [6.45, 7) is 7.02. The fraction of sp³-hybridized carbons (Fsp3) is 0.533. The van der Waals surface area contributed by atoms with Crippen LogP contribution in [-0.4, -0.2) is 65.1 Å². The summed E-state index contributed by atoms with van der Waals surface area (Å²) in [5, 5.41) is 18.6. The van der Waals surface area contributed by atoms with Crippen LogP contribution in [0, 0.1) is 0 Å². The number of hydrogen-bond donors (Lipinski definition) is 2. The summed E-state index contributed by atoms with van der Waals surface area (Å²) in [6.07, 6.45) is 0. The number of aromatic hydroxyl groups is 1. The van der Waals surface area contributed by atoms with Crippen molar-refractivity contribution in [3.63, 3.8) is 0 Å². The number of ketones is 1. The average molecular weight is 278 g/mol. The zero-order valence-corrected chi connectivity index (χ0v) is 11.9. The lowest BCUT2D eigenvalue weighted by molar-refractivity contribution is 0.101. The van der Waals surface area contributed by atoms with Crippen LogP contribution in [0.3, 0.4) is 0 Å². The maximum absolute atomic E-state index is 11.4. The van der Waals surface area contributed by atoms with E-state index in [-0.39, 0.29) is 18.1 Å². The summed E-state index contributed by atoms with van der Waals surface area (Å²) in [5.41, 5.74) is 1.44. The van der Waals surface area contributed by atoms with E-state index in [4.69, 9.17) is 5.11 Å². The highest BCUT2D eigenvalue weighted by Crippen LogP contribution is 2.20. The molecule has 0 unspecified atom stereocenters. The molecule has 20 heavy (non-hydrogen) atoms. The van der Waals surface area contributed by atoms with Crippen molar-refractivity contribution in [3.05, 3.63) is 29.3 Å². The summed E-state index contributed by atoms with van der Waals surface area (Å²) in [5.74, 6) is -0.0638. The molecule has 0 amide bonds. The highest BCUT2D eigenvalue weighted by atomic mass is 16.3. The first-order valence-corrected chi connectivity index (χ1v) is 6.98. The number of nitrogens with zero attached hydrogens (tertiary/aromatic N) is 2. The van der Waals surface area contributed by atoms with Gasteiger partial charge in [-0.3, -0.25) is 14.6 Å². The molecule has 1 aromatic rings. The number of hydrogen-bond acceptors (Lipinski definition) is 5. The van der Waals surface area contributed by atoms with E-state index in [1.807, 2.05) is 6.07 Å². The van der Waals surface area contributed by atoms with Gasteiger partial charge in [-0.2, -0.15) is 0 Å². The summed E-state index contributed by atoms with van der Waals surface area (Å²) in [7, 11) is 0. The van der Waals surface area contributed by atoms with Gasteiger partial charge in [0.1, 0.15) is 5.75 Å². The minimum Gasteiger partial charge on any atom is -0.507 e. The molecule has 1 aliphatic heterocycles. The fourth-order valence-electron chi connectivity index (χ4n) is 2.53. The first-order valence-electron chi connectivity index (χ1n) is 6.98. The molecule has 1 saturated heterocycles. The maximum atomic E-state index is 11.4. The van der Waals surface area contributed by atoms with E-state index in [1.165, 1.54) is 6.92 Å². The Balaban J connectivity index is 1.94. The Morgan fingerprint density at radius 1 is 1.20 bits per heavy atom. The topological polar surface area (TPSA) is 64.0 Å². The van der Waals surface area contributed by atoms with Crippen LogP contribution in [0.2, 0.25) is 0 Å². The van der Waals surface area contributed by atoms with Gasteiger partial charge in [-0.1, -0.05) is 6.07 Å². The van der Waals surface area contributed by atoms with Gasteiger partial charge in [-0.15, -0.1) is 0 Å². The lowest BCUT2D eigenvalue weighted by Crippen LogP contribution is -2.46. The third-order valence-electron chi connectivity index (χ3n) is 3.73. The van der Waals surface area contributed by atoms with Crippen molar-refractivity contribution in [2.75, 3.05) is 39.3 Å². The zero-order chi connectivity index (χ0) is 14.5. The molecule has 0 aromatic heterocycles. The van der Waals surface area contributed by atoms with Crippen molar-refractivity contribution >= 4 is 5.78 Å². The number of phenolic OH excluding ortho intramolecular Hbond substituents is 1. The standard InChI is InChI=1S/C15H22N2O3/c1-12(19)14-10-13(2-3-15(14)20)11-17-6-4-16(5-7-17)8-9-18/h2-3,10,18,20H,4-9,11H2,1H3. The number of phenols is 1. The fourth-order valence-corrected chi connectivity index (χ4v) is 2.53. The second-order valence-corrected chi connectivity index (χ2v) is 5.25. The van der Waals surface area contributed by atoms with Gasteiger partial charge in [0.05, 0.1) is 12.2 Å². The zero-order valence-electron chi connectivity index (χ0n) is 11.9. The minimum absolute atomic E-state index is 0.0500. The molecule has 1 aromatic carbocycles. The summed E-state index contributed by atoms with van der Waals surface area (Å²) < 4.78 is 0. The molecule has 1 aliphatic rings. The van der Waals surface area contributed by atoms with Crippen molar-refractivity contribution in [3.8, 4) is 5.75 Å². The molecule has 2 rings (SSSR count). The maximum Gasteiger partial charge on any atom is 0.163 e. The molecule has 110 valence electrons. The van der Waals surface area contributed by atoms with Crippen LogP contribution in [0.5, 0.6) is 5.75 Å². The Bertz CT molecular complexity index is 468. The van der Waals surface area contributed by atoms with E-state index in [2.05, 4.69) is 9.80 Å². The predicted octanol–water partition coefficient (Wildman–Crippen LogP) is 0.705. The quantitative estimate of drug-likeness (QED) is 0.777. The molecule has 0 radical (unpaired) electrons. The third kappa shape index (κ3) is 3.79. The Morgan fingerprint density at radius 3 is 2.45 bits per heavy atom. The molecular weight excluding hydrogens is 256 g/mol. The summed E-state index contributed by atoms with van der Waals surface area (Å²) >= 11 is 0. The minimum atomic E-state index is -0.114. The Kier molecular flexibility index (Phi) is 5.11. The van der Waals surface area contributed by atoms with Crippen molar-refractivity contribution in [1.29, 1.82) is 0 Å². The van der Waals surface area contributed by atoms with E-state index < -0.39 is 0 Å². The Morgan fingerprint density at radius 2 is 1.85 bits per heavy atom. The van der Waals surface area contributed by atoms with Crippen molar-refractivity contribution in [2.24, 2.45) is 0 Å². The van der Waals surface area contributed by atoms with Crippen LogP contribution in [0.4, 0.5) is 0 Å². The van der Waals surface area contributed by atoms with Crippen molar-refractivity contribution in [1.82, 2.24) is 9.80 Å². The van der Waals surface area contributed by atoms with E-state index in [9.17, 15) is 9.90 Å². The van der Waals surface area contributed by atoms with Crippen LogP contribution in [0.15, 0.2) is 18.2 Å². The molecule has 0 bridgehead atoms. The third-order valence-corrected chi connectivity index (χ3v) is 3.73. The average Bonchev–Trinajstić information content (AvgIpc) is 2.43.